The van der Waals surface area contributed by atoms with E-state index in [2.05, 4.69) is 10.5 Å². The fourth-order valence-electron chi connectivity index (χ4n) is 2.50. The number of hydrogen-bond donors (Lipinski definition) is 1. The topological polar surface area (TPSA) is 99.9 Å². The second kappa shape index (κ2) is 10.1. The molecule has 1 aromatic heterocycles. The number of benzene rings is 2. The summed E-state index contributed by atoms with van der Waals surface area (Å²) in [7, 11) is 0. The van der Waals surface area contributed by atoms with Crippen LogP contribution in [0.15, 0.2) is 59.1 Å². The maximum Gasteiger partial charge on any atom is 0.344 e. The maximum absolute atomic E-state index is 11.9. The van der Waals surface area contributed by atoms with Gasteiger partial charge in [-0.25, -0.2) is 4.79 Å². The number of aryl methyl sites for hydroxylation is 1. The highest BCUT2D eigenvalue weighted by Crippen LogP contribution is 2.22. The van der Waals surface area contributed by atoms with E-state index in [4.69, 9.17) is 18.7 Å². The Morgan fingerprint density at radius 2 is 1.63 bits per heavy atom. The van der Waals surface area contributed by atoms with Gasteiger partial charge in [-0.05, 0) is 38.1 Å². The Hall–Kier alpha value is -3.81. The molecule has 0 saturated carbocycles. The standard InChI is InChI=1S/C22H22N2O6/c1-3-27-17-8-10-18(11-9-17)28-14-22(26)29-13-20(25)23-21-12-19(24-30-21)16-6-4-15(2)5-7-16/h4-12H,3,13-14H2,1-2H3,(H,23,25). The molecule has 1 N–H and O–H groups in total. The number of hydrogen-bond acceptors (Lipinski definition) is 7. The molecule has 156 valence electrons. The van der Waals surface area contributed by atoms with E-state index in [-0.39, 0.29) is 12.5 Å². The molecule has 8 nitrogen and oxygen atoms in total. The average molecular weight is 410 g/mol. The van der Waals surface area contributed by atoms with Gasteiger partial charge in [-0.1, -0.05) is 35.0 Å². The SMILES string of the molecule is CCOc1ccc(OCC(=O)OCC(=O)Nc2cc(-c3ccc(C)cc3)no2)cc1. The molecule has 0 aliphatic carbocycles. The third-order valence-corrected chi connectivity index (χ3v) is 3.98. The number of anilines is 1. The first-order valence-corrected chi connectivity index (χ1v) is 9.38. The molecule has 0 saturated heterocycles. The summed E-state index contributed by atoms with van der Waals surface area (Å²) in [6.07, 6.45) is 0. The summed E-state index contributed by atoms with van der Waals surface area (Å²) in [5.41, 5.74) is 2.58. The van der Waals surface area contributed by atoms with Crippen LogP contribution in [0, 0.1) is 6.92 Å². The van der Waals surface area contributed by atoms with Crippen LogP contribution < -0.4 is 14.8 Å². The van der Waals surface area contributed by atoms with Crippen LogP contribution in [0.4, 0.5) is 5.88 Å². The first-order chi connectivity index (χ1) is 14.5. The summed E-state index contributed by atoms with van der Waals surface area (Å²) >= 11 is 0. The van der Waals surface area contributed by atoms with Gasteiger partial charge < -0.3 is 18.7 Å². The van der Waals surface area contributed by atoms with Crippen LogP contribution in [0.2, 0.25) is 0 Å². The van der Waals surface area contributed by atoms with Gasteiger partial charge in [0.2, 0.25) is 5.88 Å². The average Bonchev–Trinajstić information content (AvgIpc) is 3.21. The summed E-state index contributed by atoms with van der Waals surface area (Å²) in [4.78, 5) is 23.7. The largest absolute Gasteiger partial charge is 0.494 e. The van der Waals surface area contributed by atoms with Crippen molar-refractivity contribution in [3.05, 3.63) is 60.2 Å². The molecule has 0 aliphatic heterocycles. The Balaban J connectivity index is 1.41. The van der Waals surface area contributed by atoms with Gasteiger partial charge in [0.15, 0.2) is 13.2 Å². The zero-order chi connectivity index (χ0) is 21.3. The molecule has 0 radical (unpaired) electrons. The lowest BCUT2D eigenvalue weighted by Gasteiger charge is -2.08. The van der Waals surface area contributed by atoms with Crippen molar-refractivity contribution in [3.8, 4) is 22.8 Å². The van der Waals surface area contributed by atoms with Gasteiger partial charge in [-0.15, -0.1) is 0 Å². The number of rotatable bonds is 9. The number of nitrogens with one attached hydrogen (secondary N) is 1. The lowest BCUT2D eigenvalue weighted by Crippen LogP contribution is -2.23. The molecule has 3 rings (SSSR count). The third kappa shape index (κ3) is 6.10. The van der Waals surface area contributed by atoms with Gasteiger partial charge in [0, 0.05) is 11.6 Å². The van der Waals surface area contributed by atoms with Crippen molar-refractivity contribution in [2.45, 2.75) is 13.8 Å². The molecule has 2 aromatic carbocycles. The smallest absolute Gasteiger partial charge is 0.344 e. The van der Waals surface area contributed by atoms with Crippen LogP contribution in [-0.2, 0) is 14.3 Å². The molecule has 1 heterocycles. The second-order valence-electron chi connectivity index (χ2n) is 6.34. The Bertz CT molecular complexity index is 980. The number of ether oxygens (including phenoxy) is 3. The molecular weight excluding hydrogens is 388 g/mol. The molecule has 1 amide bonds. The fourth-order valence-corrected chi connectivity index (χ4v) is 2.50. The predicted octanol–water partition coefficient (Wildman–Crippen LogP) is 3.61. The van der Waals surface area contributed by atoms with E-state index < -0.39 is 18.5 Å². The van der Waals surface area contributed by atoms with Crippen molar-refractivity contribution in [1.29, 1.82) is 0 Å². The van der Waals surface area contributed by atoms with Crippen molar-refractivity contribution in [1.82, 2.24) is 5.16 Å². The van der Waals surface area contributed by atoms with E-state index in [1.165, 1.54) is 0 Å². The van der Waals surface area contributed by atoms with Crippen LogP contribution in [0.5, 0.6) is 11.5 Å². The first kappa shape index (κ1) is 20.9. The molecule has 0 fully saturated rings. The number of aromatic nitrogens is 1. The van der Waals surface area contributed by atoms with E-state index in [9.17, 15) is 9.59 Å². The van der Waals surface area contributed by atoms with Crippen LogP contribution in [0.25, 0.3) is 11.3 Å². The zero-order valence-corrected chi connectivity index (χ0v) is 16.7. The Morgan fingerprint density at radius 3 is 2.30 bits per heavy atom. The predicted molar refractivity (Wildman–Crippen MR) is 109 cm³/mol. The highest BCUT2D eigenvalue weighted by Gasteiger charge is 2.12. The van der Waals surface area contributed by atoms with Crippen molar-refractivity contribution in [3.63, 3.8) is 0 Å². The fraction of sp³-hybridized carbons (Fsp3) is 0.227. The third-order valence-electron chi connectivity index (χ3n) is 3.98. The van der Waals surface area contributed by atoms with Crippen molar-refractivity contribution in [2.24, 2.45) is 0 Å². The minimum absolute atomic E-state index is 0.164. The van der Waals surface area contributed by atoms with Crippen LogP contribution in [0.1, 0.15) is 12.5 Å². The summed E-state index contributed by atoms with van der Waals surface area (Å²) in [5.74, 6) is 0.150. The van der Waals surface area contributed by atoms with Crippen LogP contribution in [0.3, 0.4) is 0 Å². The number of nitrogens with zero attached hydrogens (tertiary/aromatic N) is 1. The highest BCUT2D eigenvalue weighted by atomic mass is 16.6. The Labute approximate surface area is 173 Å². The molecule has 0 aliphatic rings. The van der Waals surface area contributed by atoms with E-state index in [1.807, 2.05) is 38.1 Å². The number of carbonyl (C=O) groups excluding carboxylic acids is 2. The molecule has 8 heteroatoms. The Kier molecular flexibility index (Phi) is 7.05. The number of esters is 1. The van der Waals surface area contributed by atoms with Gasteiger partial charge in [0.1, 0.15) is 17.2 Å². The minimum Gasteiger partial charge on any atom is -0.494 e. The molecule has 0 spiro atoms. The van der Waals surface area contributed by atoms with E-state index in [0.717, 1.165) is 11.1 Å². The zero-order valence-electron chi connectivity index (χ0n) is 16.7. The van der Waals surface area contributed by atoms with Gasteiger partial charge >= 0.3 is 5.97 Å². The molecule has 0 unspecified atom stereocenters. The summed E-state index contributed by atoms with van der Waals surface area (Å²) in [6.45, 7) is 3.66. The molecular formula is C22H22N2O6. The lowest BCUT2D eigenvalue weighted by atomic mass is 10.1. The monoisotopic (exact) mass is 410 g/mol. The normalized spacial score (nSPS) is 10.3. The molecule has 30 heavy (non-hydrogen) atoms. The van der Waals surface area contributed by atoms with E-state index >= 15 is 0 Å². The summed E-state index contributed by atoms with van der Waals surface area (Å²) in [6, 6.07) is 16.2. The Morgan fingerprint density at radius 1 is 0.967 bits per heavy atom. The quantitative estimate of drug-likeness (QED) is 0.538. The maximum atomic E-state index is 11.9. The highest BCUT2D eigenvalue weighted by molar-refractivity contribution is 5.92. The van der Waals surface area contributed by atoms with Gasteiger partial charge in [0.05, 0.1) is 6.61 Å². The summed E-state index contributed by atoms with van der Waals surface area (Å²) in [5, 5.41) is 6.41. The van der Waals surface area contributed by atoms with Crippen LogP contribution in [-0.4, -0.2) is 36.9 Å². The number of amides is 1. The van der Waals surface area contributed by atoms with Gasteiger partial charge in [0.25, 0.3) is 5.91 Å². The molecule has 0 bridgehead atoms. The number of carbonyl (C=O) groups is 2. The van der Waals surface area contributed by atoms with Gasteiger partial charge in [-0.2, -0.15) is 0 Å². The summed E-state index contributed by atoms with van der Waals surface area (Å²) < 4.78 is 20.7. The molecule has 0 atom stereocenters. The van der Waals surface area contributed by atoms with Crippen molar-refractivity contribution in [2.75, 3.05) is 25.1 Å². The molecule has 3 aromatic rings. The van der Waals surface area contributed by atoms with Gasteiger partial charge in [-0.3, -0.25) is 10.1 Å². The van der Waals surface area contributed by atoms with Crippen molar-refractivity contribution < 1.29 is 28.3 Å². The van der Waals surface area contributed by atoms with Crippen molar-refractivity contribution >= 4 is 17.8 Å². The first-order valence-electron chi connectivity index (χ1n) is 9.38. The minimum atomic E-state index is -0.669. The lowest BCUT2D eigenvalue weighted by molar-refractivity contribution is -0.149. The van der Waals surface area contributed by atoms with E-state index in [1.54, 1.807) is 30.3 Å². The van der Waals surface area contributed by atoms with Crippen LogP contribution >= 0.6 is 0 Å². The second-order valence-corrected chi connectivity index (χ2v) is 6.34. The van der Waals surface area contributed by atoms with E-state index in [0.29, 0.717) is 23.8 Å².